The maximum atomic E-state index is 11.4. The standard InChI is InChI=1S/C18H22ClN5O3/c19-14-3-5-15(6-4-14)21-18-20-12-16(24(26)27)17(22-18)23-9-7-13(8-10-23)2-1-11-25/h3-6,12-13,25H,1-2,7-11H2,(H,20,21,22). The van der Waals surface area contributed by atoms with Crippen molar-refractivity contribution in [3.8, 4) is 0 Å². The molecule has 0 atom stereocenters. The lowest BCUT2D eigenvalue weighted by Crippen LogP contribution is -2.35. The number of hydrogen-bond acceptors (Lipinski definition) is 7. The van der Waals surface area contributed by atoms with Crippen LogP contribution in [0.2, 0.25) is 5.02 Å². The van der Waals surface area contributed by atoms with Gasteiger partial charge >= 0.3 is 5.69 Å². The van der Waals surface area contributed by atoms with Crippen LogP contribution in [0.25, 0.3) is 0 Å². The summed E-state index contributed by atoms with van der Waals surface area (Å²) >= 11 is 5.89. The fourth-order valence-electron chi connectivity index (χ4n) is 3.26. The Bertz CT molecular complexity index is 779. The molecule has 2 N–H and O–H groups in total. The molecule has 8 nitrogen and oxygen atoms in total. The lowest BCUT2D eigenvalue weighted by Gasteiger charge is -2.32. The van der Waals surface area contributed by atoms with Crippen molar-refractivity contribution in [2.75, 3.05) is 29.9 Å². The Morgan fingerprint density at radius 3 is 2.63 bits per heavy atom. The van der Waals surface area contributed by atoms with Crippen molar-refractivity contribution in [2.45, 2.75) is 25.7 Å². The van der Waals surface area contributed by atoms with Gasteiger partial charge in [0.25, 0.3) is 0 Å². The molecule has 3 rings (SSSR count). The van der Waals surface area contributed by atoms with Crippen LogP contribution in [0.4, 0.5) is 23.1 Å². The first-order valence-corrected chi connectivity index (χ1v) is 9.34. The Hall–Kier alpha value is -2.45. The van der Waals surface area contributed by atoms with Crippen LogP contribution in [0, 0.1) is 16.0 Å². The number of hydrogen-bond donors (Lipinski definition) is 2. The van der Waals surface area contributed by atoms with Gasteiger partial charge in [-0.1, -0.05) is 11.6 Å². The van der Waals surface area contributed by atoms with Crippen molar-refractivity contribution in [1.29, 1.82) is 0 Å². The van der Waals surface area contributed by atoms with Gasteiger partial charge in [-0.2, -0.15) is 4.98 Å². The van der Waals surface area contributed by atoms with E-state index in [1.54, 1.807) is 24.3 Å². The number of piperidine rings is 1. The first-order chi connectivity index (χ1) is 13.1. The van der Waals surface area contributed by atoms with Crippen molar-refractivity contribution < 1.29 is 10.0 Å². The van der Waals surface area contributed by atoms with E-state index in [0.717, 1.165) is 31.4 Å². The number of nitrogens with one attached hydrogen (secondary N) is 1. The van der Waals surface area contributed by atoms with Gasteiger partial charge in [-0.05, 0) is 55.9 Å². The number of anilines is 3. The molecule has 1 aliphatic heterocycles. The van der Waals surface area contributed by atoms with E-state index in [0.29, 0.717) is 35.8 Å². The van der Waals surface area contributed by atoms with Crippen LogP contribution in [-0.4, -0.2) is 39.7 Å². The molecule has 0 bridgehead atoms. The summed E-state index contributed by atoms with van der Waals surface area (Å²) in [5, 5.41) is 24.1. The van der Waals surface area contributed by atoms with Crippen molar-refractivity contribution in [1.82, 2.24) is 9.97 Å². The molecule has 0 saturated carbocycles. The predicted octanol–water partition coefficient (Wildman–Crippen LogP) is 3.77. The zero-order valence-corrected chi connectivity index (χ0v) is 15.6. The highest BCUT2D eigenvalue weighted by atomic mass is 35.5. The van der Waals surface area contributed by atoms with E-state index in [4.69, 9.17) is 16.7 Å². The minimum absolute atomic E-state index is 0.0922. The highest BCUT2D eigenvalue weighted by molar-refractivity contribution is 6.30. The Balaban J connectivity index is 1.76. The van der Waals surface area contributed by atoms with Crippen LogP contribution < -0.4 is 10.2 Å². The van der Waals surface area contributed by atoms with Gasteiger partial charge in [0.05, 0.1) is 4.92 Å². The highest BCUT2D eigenvalue weighted by Crippen LogP contribution is 2.31. The van der Waals surface area contributed by atoms with Gasteiger partial charge in [-0.15, -0.1) is 0 Å². The average molecular weight is 392 g/mol. The van der Waals surface area contributed by atoms with Gasteiger partial charge in [0.2, 0.25) is 11.8 Å². The third kappa shape index (κ3) is 5.05. The molecule has 2 aromatic rings. The van der Waals surface area contributed by atoms with Crippen LogP contribution in [0.5, 0.6) is 0 Å². The minimum atomic E-state index is -0.445. The second kappa shape index (κ2) is 8.96. The summed E-state index contributed by atoms with van der Waals surface area (Å²) in [7, 11) is 0. The minimum Gasteiger partial charge on any atom is -0.396 e. The summed E-state index contributed by atoms with van der Waals surface area (Å²) < 4.78 is 0. The maximum absolute atomic E-state index is 11.4. The van der Waals surface area contributed by atoms with E-state index in [1.165, 1.54) is 6.20 Å². The number of aliphatic hydroxyl groups excluding tert-OH is 1. The first-order valence-electron chi connectivity index (χ1n) is 8.96. The van der Waals surface area contributed by atoms with E-state index in [-0.39, 0.29) is 12.3 Å². The zero-order chi connectivity index (χ0) is 19.2. The molecule has 1 fully saturated rings. The molecule has 144 valence electrons. The normalized spacial score (nSPS) is 15.0. The molecule has 1 aromatic heterocycles. The Labute approximate surface area is 162 Å². The number of halogens is 1. The van der Waals surface area contributed by atoms with Gasteiger partial charge in [-0.25, -0.2) is 4.98 Å². The molecule has 9 heteroatoms. The topological polar surface area (TPSA) is 104 Å². The van der Waals surface area contributed by atoms with Crippen molar-refractivity contribution in [3.05, 3.63) is 45.6 Å². The summed E-state index contributed by atoms with van der Waals surface area (Å²) in [4.78, 5) is 21.4. The van der Waals surface area contributed by atoms with E-state index in [9.17, 15) is 10.1 Å². The number of nitro groups is 1. The second-order valence-corrected chi connectivity index (χ2v) is 7.02. The van der Waals surface area contributed by atoms with Crippen molar-refractivity contribution in [3.63, 3.8) is 0 Å². The molecule has 1 saturated heterocycles. The Morgan fingerprint density at radius 2 is 2.00 bits per heavy atom. The summed E-state index contributed by atoms with van der Waals surface area (Å²) in [6, 6.07) is 7.07. The molecule has 2 heterocycles. The van der Waals surface area contributed by atoms with Gasteiger partial charge in [0.1, 0.15) is 6.20 Å². The highest BCUT2D eigenvalue weighted by Gasteiger charge is 2.27. The van der Waals surface area contributed by atoms with Crippen LogP contribution in [0.3, 0.4) is 0 Å². The van der Waals surface area contributed by atoms with Crippen molar-refractivity contribution >= 4 is 34.7 Å². The molecule has 1 aromatic carbocycles. The molecule has 0 spiro atoms. The van der Waals surface area contributed by atoms with Crippen LogP contribution >= 0.6 is 11.6 Å². The number of aliphatic hydroxyl groups is 1. The van der Waals surface area contributed by atoms with E-state index in [1.807, 2.05) is 4.90 Å². The van der Waals surface area contributed by atoms with Crippen LogP contribution in [0.1, 0.15) is 25.7 Å². The molecule has 0 radical (unpaired) electrons. The largest absolute Gasteiger partial charge is 0.396 e. The van der Waals surface area contributed by atoms with Gasteiger partial charge in [0, 0.05) is 30.4 Å². The predicted molar refractivity (Wildman–Crippen MR) is 105 cm³/mol. The smallest absolute Gasteiger partial charge is 0.329 e. The van der Waals surface area contributed by atoms with Gasteiger partial charge in [0.15, 0.2) is 0 Å². The zero-order valence-electron chi connectivity index (χ0n) is 14.8. The molecule has 0 aliphatic carbocycles. The lowest BCUT2D eigenvalue weighted by molar-refractivity contribution is -0.384. The van der Waals surface area contributed by atoms with Crippen LogP contribution in [-0.2, 0) is 0 Å². The van der Waals surface area contributed by atoms with Crippen molar-refractivity contribution in [2.24, 2.45) is 5.92 Å². The van der Waals surface area contributed by atoms with E-state index >= 15 is 0 Å². The first kappa shape index (κ1) is 19.3. The Kier molecular flexibility index (Phi) is 6.41. The monoisotopic (exact) mass is 391 g/mol. The van der Waals surface area contributed by atoms with E-state index < -0.39 is 4.92 Å². The maximum Gasteiger partial charge on any atom is 0.329 e. The quantitative estimate of drug-likeness (QED) is 0.546. The molecular formula is C18H22ClN5O3. The summed E-state index contributed by atoms with van der Waals surface area (Å²) in [5.41, 5.74) is 0.660. The number of benzene rings is 1. The van der Waals surface area contributed by atoms with Gasteiger partial charge < -0.3 is 15.3 Å². The summed E-state index contributed by atoms with van der Waals surface area (Å²) in [5.74, 6) is 1.19. The number of rotatable bonds is 7. The molecule has 0 amide bonds. The molecule has 1 aliphatic rings. The average Bonchev–Trinajstić information content (AvgIpc) is 2.68. The summed E-state index contributed by atoms with van der Waals surface area (Å²) in [6.45, 7) is 1.61. The lowest BCUT2D eigenvalue weighted by atomic mass is 9.92. The summed E-state index contributed by atoms with van der Waals surface area (Å²) in [6.07, 6.45) is 4.90. The third-order valence-corrected chi connectivity index (χ3v) is 4.98. The molecule has 0 unspecified atom stereocenters. The fraction of sp³-hybridized carbons (Fsp3) is 0.444. The second-order valence-electron chi connectivity index (χ2n) is 6.59. The fourth-order valence-corrected chi connectivity index (χ4v) is 3.39. The third-order valence-electron chi connectivity index (χ3n) is 4.73. The number of aromatic nitrogens is 2. The Morgan fingerprint density at radius 1 is 1.30 bits per heavy atom. The molecule has 27 heavy (non-hydrogen) atoms. The number of nitrogens with zero attached hydrogens (tertiary/aromatic N) is 4. The van der Waals surface area contributed by atoms with Gasteiger partial charge in [-0.3, -0.25) is 10.1 Å². The van der Waals surface area contributed by atoms with E-state index in [2.05, 4.69) is 15.3 Å². The SMILES string of the molecule is O=[N+]([O-])c1cnc(Nc2ccc(Cl)cc2)nc1N1CCC(CCCO)CC1. The van der Waals surface area contributed by atoms with Crippen LogP contribution in [0.15, 0.2) is 30.5 Å². The molecular weight excluding hydrogens is 370 g/mol.